The second-order valence-corrected chi connectivity index (χ2v) is 4.56. The predicted molar refractivity (Wildman–Crippen MR) is 71.3 cm³/mol. The molecule has 0 fully saturated rings. The number of amides is 1. The van der Waals surface area contributed by atoms with Gasteiger partial charge in [0.1, 0.15) is 5.75 Å². The average molecular weight is 265 g/mol. The second kappa shape index (κ2) is 6.22. The van der Waals surface area contributed by atoms with Gasteiger partial charge >= 0.3 is 5.97 Å². The highest BCUT2D eigenvalue weighted by molar-refractivity contribution is 5.97. The van der Waals surface area contributed by atoms with Crippen LogP contribution < -0.4 is 0 Å². The van der Waals surface area contributed by atoms with E-state index in [1.54, 1.807) is 26.0 Å². The molecule has 1 atom stereocenters. The largest absolute Gasteiger partial charge is 0.507 e. The maximum absolute atomic E-state index is 12.3. The molecule has 19 heavy (non-hydrogen) atoms. The zero-order valence-corrected chi connectivity index (χ0v) is 11.4. The summed E-state index contributed by atoms with van der Waals surface area (Å²) in [5, 5.41) is 18.6. The summed E-state index contributed by atoms with van der Waals surface area (Å²) < 4.78 is 0. The number of carboxylic acids is 1. The summed E-state index contributed by atoms with van der Waals surface area (Å²) in [6.45, 7) is 5.67. The Morgan fingerprint density at radius 2 is 2.00 bits per heavy atom. The standard InChI is InChI=1S/C14H19NO4/c1-4-15(10(3)8-13(17)18)14(19)11-6-5-9(2)7-12(11)16/h5-7,10,16H,4,8H2,1-3H3,(H,17,18). The number of carbonyl (C=O) groups is 2. The van der Waals surface area contributed by atoms with Crippen molar-refractivity contribution in [2.24, 2.45) is 0 Å². The van der Waals surface area contributed by atoms with Crippen molar-refractivity contribution in [2.75, 3.05) is 6.54 Å². The van der Waals surface area contributed by atoms with Crippen molar-refractivity contribution in [1.82, 2.24) is 4.90 Å². The number of hydrogen-bond acceptors (Lipinski definition) is 3. The molecule has 0 aliphatic heterocycles. The molecule has 1 aromatic rings. The first-order valence-electron chi connectivity index (χ1n) is 6.19. The van der Waals surface area contributed by atoms with E-state index in [9.17, 15) is 14.7 Å². The fraction of sp³-hybridized carbons (Fsp3) is 0.429. The highest BCUT2D eigenvalue weighted by atomic mass is 16.4. The molecule has 1 aromatic carbocycles. The number of nitrogens with zero attached hydrogens (tertiary/aromatic N) is 1. The Kier molecular flexibility index (Phi) is 4.92. The van der Waals surface area contributed by atoms with Crippen molar-refractivity contribution in [3.63, 3.8) is 0 Å². The van der Waals surface area contributed by atoms with E-state index in [4.69, 9.17) is 5.11 Å². The van der Waals surface area contributed by atoms with Gasteiger partial charge in [0.15, 0.2) is 0 Å². The third-order valence-corrected chi connectivity index (χ3v) is 2.99. The zero-order valence-electron chi connectivity index (χ0n) is 11.4. The fourth-order valence-corrected chi connectivity index (χ4v) is 2.00. The molecule has 0 aromatic heterocycles. The third kappa shape index (κ3) is 3.71. The summed E-state index contributed by atoms with van der Waals surface area (Å²) in [4.78, 5) is 24.5. The van der Waals surface area contributed by atoms with Crippen LogP contribution in [0.3, 0.4) is 0 Å². The Balaban J connectivity index is 2.98. The molecular formula is C14H19NO4. The molecule has 0 radical (unpaired) electrons. The van der Waals surface area contributed by atoms with Crippen molar-refractivity contribution in [3.05, 3.63) is 29.3 Å². The number of carbonyl (C=O) groups excluding carboxylic acids is 1. The van der Waals surface area contributed by atoms with Crippen LogP contribution in [0, 0.1) is 6.92 Å². The van der Waals surface area contributed by atoms with Gasteiger partial charge in [0.05, 0.1) is 12.0 Å². The van der Waals surface area contributed by atoms with Crippen molar-refractivity contribution < 1.29 is 19.8 Å². The number of phenols is 1. The minimum atomic E-state index is -0.952. The molecule has 2 N–H and O–H groups in total. The number of aryl methyl sites for hydroxylation is 1. The zero-order chi connectivity index (χ0) is 14.6. The van der Waals surface area contributed by atoms with Crippen LogP contribution in [0.25, 0.3) is 0 Å². The third-order valence-electron chi connectivity index (χ3n) is 2.99. The number of rotatable bonds is 5. The van der Waals surface area contributed by atoms with Crippen LogP contribution in [-0.4, -0.2) is 39.6 Å². The first kappa shape index (κ1) is 15.0. The highest BCUT2D eigenvalue weighted by Gasteiger charge is 2.23. The van der Waals surface area contributed by atoms with E-state index in [0.29, 0.717) is 6.54 Å². The number of aromatic hydroxyl groups is 1. The van der Waals surface area contributed by atoms with Crippen LogP contribution in [-0.2, 0) is 4.79 Å². The maximum Gasteiger partial charge on any atom is 0.305 e. The molecule has 5 nitrogen and oxygen atoms in total. The monoisotopic (exact) mass is 265 g/mol. The van der Waals surface area contributed by atoms with E-state index in [2.05, 4.69) is 0 Å². The van der Waals surface area contributed by atoms with E-state index < -0.39 is 12.0 Å². The Labute approximate surface area is 112 Å². The average Bonchev–Trinajstić information content (AvgIpc) is 2.28. The lowest BCUT2D eigenvalue weighted by Gasteiger charge is -2.27. The number of carboxylic acid groups (broad SMARTS) is 1. The summed E-state index contributed by atoms with van der Waals surface area (Å²) in [6, 6.07) is 4.39. The van der Waals surface area contributed by atoms with Gasteiger partial charge < -0.3 is 15.1 Å². The lowest BCUT2D eigenvalue weighted by atomic mass is 10.1. The SMILES string of the molecule is CCN(C(=O)c1ccc(C)cc1O)C(C)CC(=O)O. The Hall–Kier alpha value is -2.04. The van der Waals surface area contributed by atoms with Gasteiger partial charge in [-0.1, -0.05) is 6.07 Å². The molecule has 1 unspecified atom stereocenters. The molecule has 0 spiro atoms. The minimum Gasteiger partial charge on any atom is -0.507 e. The van der Waals surface area contributed by atoms with Crippen molar-refractivity contribution in [2.45, 2.75) is 33.2 Å². The van der Waals surface area contributed by atoms with Crippen molar-refractivity contribution in [3.8, 4) is 5.75 Å². The topological polar surface area (TPSA) is 77.8 Å². The fourth-order valence-electron chi connectivity index (χ4n) is 2.00. The van der Waals surface area contributed by atoms with Gasteiger partial charge in [-0.05, 0) is 38.5 Å². The smallest absolute Gasteiger partial charge is 0.305 e. The van der Waals surface area contributed by atoms with Crippen LogP contribution in [0.4, 0.5) is 0 Å². The van der Waals surface area contributed by atoms with Crippen LogP contribution in [0.15, 0.2) is 18.2 Å². The van der Waals surface area contributed by atoms with Crippen LogP contribution >= 0.6 is 0 Å². The lowest BCUT2D eigenvalue weighted by molar-refractivity contribution is -0.138. The molecule has 0 saturated carbocycles. The first-order valence-corrected chi connectivity index (χ1v) is 6.19. The summed E-state index contributed by atoms with van der Waals surface area (Å²) in [7, 11) is 0. The summed E-state index contributed by atoms with van der Waals surface area (Å²) in [5.74, 6) is -1.38. The Bertz CT molecular complexity index is 484. The van der Waals surface area contributed by atoms with Gasteiger partial charge in [-0.25, -0.2) is 0 Å². The Morgan fingerprint density at radius 3 is 2.47 bits per heavy atom. The number of benzene rings is 1. The van der Waals surface area contributed by atoms with Crippen molar-refractivity contribution >= 4 is 11.9 Å². The van der Waals surface area contributed by atoms with Crippen molar-refractivity contribution in [1.29, 1.82) is 0 Å². The lowest BCUT2D eigenvalue weighted by Crippen LogP contribution is -2.39. The van der Waals surface area contributed by atoms with E-state index in [0.717, 1.165) is 5.56 Å². The van der Waals surface area contributed by atoms with Crippen LogP contribution in [0.1, 0.15) is 36.2 Å². The van der Waals surface area contributed by atoms with E-state index >= 15 is 0 Å². The molecule has 0 aliphatic carbocycles. The van der Waals surface area contributed by atoms with E-state index in [1.165, 1.54) is 11.0 Å². The van der Waals surface area contributed by atoms with Gasteiger partial charge in [-0.3, -0.25) is 9.59 Å². The number of hydrogen-bond donors (Lipinski definition) is 2. The predicted octanol–water partition coefficient (Wildman–Crippen LogP) is 2.03. The molecule has 104 valence electrons. The van der Waals surface area contributed by atoms with Gasteiger partial charge in [-0.2, -0.15) is 0 Å². The highest BCUT2D eigenvalue weighted by Crippen LogP contribution is 2.21. The van der Waals surface area contributed by atoms with Crippen LogP contribution in [0.2, 0.25) is 0 Å². The molecule has 0 aliphatic rings. The maximum atomic E-state index is 12.3. The van der Waals surface area contributed by atoms with Gasteiger partial charge in [0.25, 0.3) is 5.91 Å². The minimum absolute atomic E-state index is 0.0778. The quantitative estimate of drug-likeness (QED) is 0.853. The molecule has 0 saturated heterocycles. The summed E-state index contributed by atoms with van der Waals surface area (Å²) in [5.41, 5.74) is 1.06. The van der Waals surface area contributed by atoms with Gasteiger partial charge in [-0.15, -0.1) is 0 Å². The molecule has 0 heterocycles. The van der Waals surface area contributed by atoms with E-state index in [1.807, 2.05) is 6.92 Å². The molecular weight excluding hydrogens is 246 g/mol. The molecule has 0 bridgehead atoms. The molecule has 1 amide bonds. The number of phenolic OH excluding ortho intramolecular Hbond substituents is 1. The van der Waals surface area contributed by atoms with Crippen LogP contribution in [0.5, 0.6) is 5.75 Å². The molecule has 5 heteroatoms. The first-order chi connectivity index (χ1) is 8.86. The molecule has 1 rings (SSSR count). The Morgan fingerprint density at radius 1 is 1.37 bits per heavy atom. The van der Waals surface area contributed by atoms with Gasteiger partial charge in [0.2, 0.25) is 0 Å². The summed E-state index contributed by atoms with van der Waals surface area (Å²) >= 11 is 0. The normalized spacial score (nSPS) is 11.9. The summed E-state index contributed by atoms with van der Waals surface area (Å²) in [6.07, 6.45) is -0.119. The number of aliphatic carboxylic acids is 1. The second-order valence-electron chi connectivity index (χ2n) is 4.56. The van der Waals surface area contributed by atoms with E-state index in [-0.39, 0.29) is 23.6 Å². The van der Waals surface area contributed by atoms with Gasteiger partial charge in [0, 0.05) is 12.6 Å².